The van der Waals surface area contributed by atoms with Crippen LogP contribution in [-0.2, 0) is 6.54 Å². The second-order valence-corrected chi connectivity index (χ2v) is 6.12. The van der Waals surface area contributed by atoms with E-state index in [-0.39, 0.29) is 5.82 Å². The summed E-state index contributed by atoms with van der Waals surface area (Å²) < 4.78 is 14.0. The summed E-state index contributed by atoms with van der Waals surface area (Å²) >= 11 is 5.15. The van der Waals surface area contributed by atoms with Gasteiger partial charge in [-0.3, -0.25) is 0 Å². The molecule has 2 aromatic carbocycles. The Balaban J connectivity index is 2.22. The van der Waals surface area contributed by atoms with E-state index in [1.54, 1.807) is 23.9 Å². The van der Waals surface area contributed by atoms with E-state index in [0.29, 0.717) is 0 Å². The highest BCUT2D eigenvalue weighted by Gasteiger charge is 2.05. The molecular formula is C15H15BrFNS. The molecule has 4 heteroatoms. The summed E-state index contributed by atoms with van der Waals surface area (Å²) in [5, 5.41) is 3.33. The number of hydrogen-bond donors (Lipinski definition) is 1. The molecule has 0 amide bonds. The van der Waals surface area contributed by atoms with Crippen molar-refractivity contribution in [2.45, 2.75) is 23.3 Å². The summed E-state index contributed by atoms with van der Waals surface area (Å²) in [5.74, 6) is -0.202. The Hall–Kier alpha value is -0.840. The summed E-state index contributed by atoms with van der Waals surface area (Å²) in [6.07, 6.45) is 0. The molecule has 0 bridgehead atoms. The van der Waals surface area contributed by atoms with E-state index in [4.69, 9.17) is 0 Å². The molecule has 0 atom stereocenters. The standard InChI is InChI=1S/C15H15BrFNS/c1-2-18-10-11-3-4-12(16)9-15(11)19-14-7-5-13(17)6-8-14/h3-9,18H,2,10H2,1H3. The summed E-state index contributed by atoms with van der Waals surface area (Å²) in [6, 6.07) is 12.8. The first kappa shape index (κ1) is 14.6. The molecule has 2 rings (SSSR count). The van der Waals surface area contributed by atoms with Crippen LogP contribution in [0.2, 0.25) is 0 Å². The third-order valence-electron chi connectivity index (χ3n) is 2.64. The van der Waals surface area contributed by atoms with Crippen LogP contribution in [0.1, 0.15) is 12.5 Å². The predicted molar refractivity (Wildman–Crippen MR) is 82.0 cm³/mol. The first-order valence-electron chi connectivity index (χ1n) is 6.11. The van der Waals surface area contributed by atoms with Gasteiger partial charge in [-0.05, 0) is 48.5 Å². The van der Waals surface area contributed by atoms with Crippen LogP contribution < -0.4 is 5.32 Å². The molecule has 0 aliphatic heterocycles. The van der Waals surface area contributed by atoms with Crippen LogP contribution in [0.5, 0.6) is 0 Å². The maximum Gasteiger partial charge on any atom is 0.123 e. The lowest BCUT2D eigenvalue weighted by Crippen LogP contribution is -2.12. The van der Waals surface area contributed by atoms with Gasteiger partial charge in [-0.15, -0.1) is 0 Å². The van der Waals surface area contributed by atoms with Crippen molar-refractivity contribution in [3.05, 3.63) is 58.3 Å². The highest BCUT2D eigenvalue weighted by atomic mass is 79.9. The smallest absolute Gasteiger partial charge is 0.123 e. The topological polar surface area (TPSA) is 12.0 Å². The molecule has 0 radical (unpaired) electrons. The van der Waals surface area contributed by atoms with Gasteiger partial charge in [0.1, 0.15) is 5.82 Å². The fourth-order valence-corrected chi connectivity index (χ4v) is 3.15. The summed E-state index contributed by atoms with van der Waals surface area (Å²) in [4.78, 5) is 2.22. The van der Waals surface area contributed by atoms with Crippen LogP contribution in [-0.4, -0.2) is 6.54 Å². The van der Waals surface area contributed by atoms with Crippen molar-refractivity contribution < 1.29 is 4.39 Å². The van der Waals surface area contributed by atoms with Crippen molar-refractivity contribution in [3.8, 4) is 0 Å². The van der Waals surface area contributed by atoms with Gasteiger partial charge in [0.05, 0.1) is 0 Å². The number of nitrogens with one attached hydrogen (secondary N) is 1. The lowest BCUT2D eigenvalue weighted by Gasteiger charge is -2.10. The van der Waals surface area contributed by atoms with Crippen molar-refractivity contribution in [2.75, 3.05) is 6.54 Å². The van der Waals surface area contributed by atoms with Gasteiger partial charge in [0.25, 0.3) is 0 Å². The Labute approximate surface area is 125 Å². The van der Waals surface area contributed by atoms with Gasteiger partial charge in [0.15, 0.2) is 0 Å². The molecule has 0 spiro atoms. The summed E-state index contributed by atoms with van der Waals surface area (Å²) in [6.45, 7) is 3.87. The Bertz CT molecular complexity index is 542. The molecule has 0 aliphatic rings. The van der Waals surface area contributed by atoms with Gasteiger partial charge >= 0.3 is 0 Å². The Morgan fingerprint density at radius 1 is 1.16 bits per heavy atom. The van der Waals surface area contributed by atoms with E-state index in [1.165, 1.54) is 22.6 Å². The van der Waals surface area contributed by atoms with Crippen LogP contribution in [0.4, 0.5) is 4.39 Å². The maximum atomic E-state index is 12.9. The largest absolute Gasteiger partial charge is 0.313 e. The molecule has 0 fully saturated rings. The second kappa shape index (κ2) is 7.08. The number of halogens is 2. The first-order valence-corrected chi connectivity index (χ1v) is 7.72. The average molecular weight is 340 g/mol. The minimum atomic E-state index is -0.202. The van der Waals surface area contributed by atoms with E-state index in [0.717, 1.165) is 22.5 Å². The lowest BCUT2D eigenvalue weighted by atomic mass is 10.2. The zero-order chi connectivity index (χ0) is 13.7. The van der Waals surface area contributed by atoms with Gasteiger partial charge in [0, 0.05) is 20.8 Å². The molecular weight excluding hydrogens is 325 g/mol. The fourth-order valence-electron chi connectivity index (χ4n) is 1.66. The number of hydrogen-bond acceptors (Lipinski definition) is 2. The zero-order valence-corrected chi connectivity index (χ0v) is 13.0. The highest BCUT2D eigenvalue weighted by Crippen LogP contribution is 2.32. The van der Waals surface area contributed by atoms with Crippen LogP contribution in [0.25, 0.3) is 0 Å². The predicted octanol–water partition coefficient (Wildman–Crippen LogP) is 4.85. The van der Waals surface area contributed by atoms with Gasteiger partial charge < -0.3 is 5.32 Å². The SMILES string of the molecule is CCNCc1ccc(Br)cc1Sc1ccc(F)cc1. The zero-order valence-electron chi connectivity index (χ0n) is 10.6. The first-order chi connectivity index (χ1) is 9.19. The second-order valence-electron chi connectivity index (χ2n) is 4.09. The fraction of sp³-hybridized carbons (Fsp3) is 0.200. The average Bonchev–Trinajstić information content (AvgIpc) is 2.40. The molecule has 0 aromatic heterocycles. The van der Waals surface area contributed by atoms with E-state index < -0.39 is 0 Å². The molecule has 19 heavy (non-hydrogen) atoms. The molecule has 0 saturated carbocycles. The van der Waals surface area contributed by atoms with Crippen LogP contribution in [0.3, 0.4) is 0 Å². The lowest BCUT2D eigenvalue weighted by molar-refractivity contribution is 0.626. The van der Waals surface area contributed by atoms with E-state index in [1.807, 2.05) is 6.07 Å². The van der Waals surface area contributed by atoms with Gasteiger partial charge in [-0.2, -0.15) is 0 Å². The van der Waals surface area contributed by atoms with Crippen molar-refractivity contribution in [1.82, 2.24) is 5.32 Å². The van der Waals surface area contributed by atoms with Crippen molar-refractivity contribution in [2.24, 2.45) is 0 Å². The third-order valence-corrected chi connectivity index (χ3v) is 4.24. The van der Waals surface area contributed by atoms with Crippen molar-refractivity contribution in [3.63, 3.8) is 0 Å². The Kier molecular flexibility index (Phi) is 5.43. The van der Waals surface area contributed by atoms with Gasteiger partial charge in [-0.1, -0.05) is 40.7 Å². The monoisotopic (exact) mass is 339 g/mol. The Morgan fingerprint density at radius 3 is 2.58 bits per heavy atom. The maximum absolute atomic E-state index is 12.9. The highest BCUT2D eigenvalue weighted by molar-refractivity contribution is 9.10. The van der Waals surface area contributed by atoms with E-state index >= 15 is 0 Å². The molecule has 1 N–H and O–H groups in total. The van der Waals surface area contributed by atoms with Crippen LogP contribution >= 0.6 is 27.7 Å². The minimum Gasteiger partial charge on any atom is -0.313 e. The third kappa shape index (κ3) is 4.34. The normalized spacial score (nSPS) is 10.7. The van der Waals surface area contributed by atoms with E-state index in [2.05, 4.69) is 40.3 Å². The van der Waals surface area contributed by atoms with Crippen LogP contribution in [0, 0.1) is 5.82 Å². The quantitative estimate of drug-likeness (QED) is 0.835. The number of rotatable bonds is 5. The summed E-state index contributed by atoms with van der Waals surface area (Å²) in [7, 11) is 0. The molecule has 1 nitrogen and oxygen atoms in total. The molecule has 0 saturated heterocycles. The molecule has 0 aliphatic carbocycles. The minimum absolute atomic E-state index is 0.202. The Morgan fingerprint density at radius 2 is 1.89 bits per heavy atom. The molecule has 0 heterocycles. The van der Waals surface area contributed by atoms with Crippen LogP contribution in [0.15, 0.2) is 56.7 Å². The van der Waals surface area contributed by atoms with Gasteiger partial charge in [-0.25, -0.2) is 4.39 Å². The van der Waals surface area contributed by atoms with Gasteiger partial charge in [0.2, 0.25) is 0 Å². The molecule has 100 valence electrons. The van der Waals surface area contributed by atoms with Crippen molar-refractivity contribution >= 4 is 27.7 Å². The molecule has 0 unspecified atom stereocenters. The van der Waals surface area contributed by atoms with E-state index in [9.17, 15) is 4.39 Å². The molecule has 2 aromatic rings. The number of benzene rings is 2. The summed E-state index contributed by atoms with van der Waals surface area (Å²) in [5.41, 5.74) is 1.25. The van der Waals surface area contributed by atoms with Crippen molar-refractivity contribution in [1.29, 1.82) is 0 Å².